The van der Waals surface area contributed by atoms with E-state index in [1.165, 1.54) is 19.2 Å². The van der Waals surface area contributed by atoms with E-state index in [1.54, 1.807) is 0 Å². The van der Waals surface area contributed by atoms with Gasteiger partial charge in [0.1, 0.15) is 16.9 Å². The number of anilines is 1. The lowest BCUT2D eigenvalue weighted by Crippen LogP contribution is -2.24. The molecule has 150 valence electrons. The fourth-order valence-electron chi connectivity index (χ4n) is 2.59. The lowest BCUT2D eigenvalue weighted by Gasteiger charge is -2.17. The van der Waals surface area contributed by atoms with Crippen LogP contribution in [0.25, 0.3) is 11.1 Å². The zero-order chi connectivity index (χ0) is 21.2. The Morgan fingerprint density at radius 3 is 2.32 bits per heavy atom. The third-order valence-electron chi connectivity index (χ3n) is 3.75. The van der Waals surface area contributed by atoms with E-state index in [1.807, 2.05) is 13.8 Å². The molecule has 2 rings (SSSR count). The molecule has 9 nitrogen and oxygen atoms in total. The lowest BCUT2D eigenvalue weighted by atomic mass is 9.95. The number of aromatic amines is 1. The summed E-state index contributed by atoms with van der Waals surface area (Å²) >= 11 is 3.33. The van der Waals surface area contributed by atoms with E-state index in [0.717, 1.165) is 0 Å². The van der Waals surface area contributed by atoms with Crippen molar-refractivity contribution >= 4 is 33.7 Å². The molecule has 0 saturated heterocycles. The molecule has 1 aromatic heterocycles. The van der Waals surface area contributed by atoms with E-state index in [0.29, 0.717) is 16.8 Å². The summed E-state index contributed by atoms with van der Waals surface area (Å²) in [5.74, 6) is -2.69. The van der Waals surface area contributed by atoms with Gasteiger partial charge in [0.2, 0.25) is 0 Å². The standard InChI is InChI=1S/C18H19BrN2O7/c1-7(2)6-28-14-9(19)4-8(5-10(14)27-3)11-12(17(23)24)15(20)21-16(22)13(11)18(25)26/h4-5,7H,6H2,1-3H3,(H,23,24)(H,25,26)(H3,20,21,22). The number of halogens is 1. The molecule has 10 heteroatoms. The van der Waals surface area contributed by atoms with Crippen LogP contribution in [0, 0.1) is 5.92 Å². The topological polar surface area (TPSA) is 152 Å². The Hall–Kier alpha value is -3.01. The highest BCUT2D eigenvalue weighted by Gasteiger charge is 2.28. The highest BCUT2D eigenvalue weighted by Crippen LogP contribution is 2.41. The average molecular weight is 455 g/mol. The maximum Gasteiger partial charge on any atom is 0.342 e. The summed E-state index contributed by atoms with van der Waals surface area (Å²) in [5, 5.41) is 19.0. The van der Waals surface area contributed by atoms with Crippen molar-refractivity contribution in [2.45, 2.75) is 13.8 Å². The van der Waals surface area contributed by atoms with Gasteiger partial charge < -0.3 is 30.4 Å². The molecule has 1 heterocycles. The van der Waals surface area contributed by atoms with Crippen LogP contribution in [0.3, 0.4) is 0 Å². The zero-order valence-electron chi connectivity index (χ0n) is 15.3. The van der Waals surface area contributed by atoms with Crippen LogP contribution in [0.5, 0.6) is 11.5 Å². The van der Waals surface area contributed by atoms with Crippen molar-refractivity contribution in [3.63, 3.8) is 0 Å². The van der Waals surface area contributed by atoms with Gasteiger partial charge >= 0.3 is 11.9 Å². The van der Waals surface area contributed by atoms with E-state index in [9.17, 15) is 24.6 Å². The van der Waals surface area contributed by atoms with Crippen molar-refractivity contribution in [2.75, 3.05) is 19.5 Å². The Morgan fingerprint density at radius 1 is 1.21 bits per heavy atom. The first-order valence-electron chi connectivity index (χ1n) is 8.11. The van der Waals surface area contributed by atoms with E-state index in [2.05, 4.69) is 20.9 Å². The van der Waals surface area contributed by atoms with Crippen molar-refractivity contribution in [1.29, 1.82) is 0 Å². The summed E-state index contributed by atoms with van der Waals surface area (Å²) in [7, 11) is 1.39. The van der Waals surface area contributed by atoms with Gasteiger partial charge in [-0.05, 0) is 39.5 Å². The van der Waals surface area contributed by atoms with Crippen LogP contribution in [0.1, 0.15) is 34.6 Å². The number of carboxylic acid groups (broad SMARTS) is 2. The summed E-state index contributed by atoms with van der Waals surface area (Å²) in [6, 6.07) is 2.85. The van der Waals surface area contributed by atoms with Gasteiger partial charge in [-0.25, -0.2) is 9.59 Å². The minimum Gasteiger partial charge on any atom is -0.493 e. The number of nitrogens with two attached hydrogens (primary N) is 1. The second-order valence-corrected chi connectivity index (χ2v) is 7.15. The van der Waals surface area contributed by atoms with Crippen LogP contribution < -0.4 is 20.8 Å². The maximum absolute atomic E-state index is 12.2. The maximum atomic E-state index is 12.2. The molecule has 0 amide bonds. The van der Waals surface area contributed by atoms with Gasteiger partial charge in [-0.3, -0.25) is 4.79 Å². The molecular weight excluding hydrogens is 436 g/mol. The minimum absolute atomic E-state index is 0.119. The fourth-order valence-corrected chi connectivity index (χ4v) is 3.15. The second-order valence-electron chi connectivity index (χ2n) is 6.30. The Bertz CT molecular complexity index is 998. The quantitative estimate of drug-likeness (QED) is 0.498. The number of rotatable bonds is 7. The van der Waals surface area contributed by atoms with Crippen LogP contribution in [0.15, 0.2) is 21.4 Å². The lowest BCUT2D eigenvalue weighted by molar-refractivity contribution is 0.0695. The van der Waals surface area contributed by atoms with Gasteiger partial charge in [0.15, 0.2) is 11.5 Å². The molecule has 28 heavy (non-hydrogen) atoms. The van der Waals surface area contributed by atoms with E-state index >= 15 is 0 Å². The number of nitrogens with one attached hydrogen (secondary N) is 1. The van der Waals surface area contributed by atoms with Crippen molar-refractivity contribution in [3.8, 4) is 22.6 Å². The molecule has 0 radical (unpaired) electrons. The van der Waals surface area contributed by atoms with Gasteiger partial charge in [0.05, 0.1) is 18.2 Å². The summed E-state index contributed by atoms with van der Waals surface area (Å²) < 4.78 is 11.4. The summed E-state index contributed by atoms with van der Waals surface area (Å²) in [6.45, 7) is 4.32. The number of pyridine rings is 1. The predicted octanol–water partition coefficient (Wildman–Crippen LogP) is 2.83. The summed E-state index contributed by atoms with van der Waals surface area (Å²) in [5.41, 5.74) is 3.17. The molecule has 0 atom stereocenters. The molecule has 0 spiro atoms. The number of carbonyl (C=O) groups is 2. The van der Waals surface area contributed by atoms with Crippen LogP contribution in [-0.4, -0.2) is 40.9 Å². The Balaban J connectivity index is 2.84. The molecule has 0 aliphatic carbocycles. The Labute approximate surface area is 168 Å². The zero-order valence-corrected chi connectivity index (χ0v) is 16.9. The minimum atomic E-state index is -1.59. The predicted molar refractivity (Wildman–Crippen MR) is 105 cm³/mol. The van der Waals surface area contributed by atoms with Crippen molar-refractivity contribution in [3.05, 3.63) is 38.1 Å². The monoisotopic (exact) mass is 454 g/mol. The van der Waals surface area contributed by atoms with Gasteiger partial charge in [-0.2, -0.15) is 0 Å². The first-order valence-corrected chi connectivity index (χ1v) is 8.90. The Kier molecular flexibility index (Phi) is 6.34. The van der Waals surface area contributed by atoms with Crippen LogP contribution in [-0.2, 0) is 0 Å². The van der Waals surface area contributed by atoms with Crippen molar-refractivity contribution < 1.29 is 29.3 Å². The molecule has 0 fully saturated rings. The van der Waals surface area contributed by atoms with E-state index < -0.39 is 34.4 Å². The largest absolute Gasteiger partial charge is 0.493 e. The SMILES string of the molecule is COc1cc(-c2c(C(=O)O)c(N)[nH]c(=O)c2C(=O)O)cc(Br)c1OCC(C)C. The van der Waals surface area contributed by atoms with Crippen LogP contribution >= 0.6 is 15.9 Å². The number of aromatic carboxylic acids is 2. The van der Waals surface area contributed by atoms with Crippen LogP contribution in [0.4, 0.5) is 5.82 Å². The fraction of sp³-hybridized carbons (Fsp3) is 0.278. The molecule has 0 unspecified atom stereocenters. The number of aromatic nitrogens is 1. The number of benzene rings is 1. The normalized spacial score (nSPS) is 10.8. The number of H-pyrrole nitrogens is 1. The van der Waals surface area contributed by atoms with Crippen LogP contribution in [0.2, 0.25) is 0 Å². The average Bonchev–Trinajstić information content (AvgIpc) is 2.58. The summed E-state index contributed by atoms with van der Waals surface area (Å²) in [4.78, 5) is 37.6. The van der Waals surface area contributed by atoms with E-state index in [4.69, 9.17) is 15.2 Å². The number of carboxylic acids is 2. The highest BCUT2D eigenvalue weighted by atomic mass is 79.9. The highest BCUT2D eigenvalue weighted by molar-refractivity contribution is 9.10. The summed E-state index contributed by atoms with van der Waals surface area (Å²) in [6.07, 6.45) is 0. The van der Waals surface area contributed by atoms with Crippen molar-refractivity contribution in [1.82, 2.24) is 4.98 Å². The first-order chi connectivity index (χ1) is 13.1. The second kappa shape index (κ2) is 8.34. The number of methoxy groups -OCH3 is 1. The smallest absolute Gasteiger partial charge is 0.342 e. The number of hydrogen-bond acceptors (Lipinski definition) is 6. The number of ether oxygens (including phenoxy) is 2. The molecule has 0 aliphatic heterocycles. The number of hydrogen-bond donors (Lipinski definition) is 4. The van der Waals surface area contributed by atoms with E-state index in [-0.39, 0.29) is 22.8 Å². The third kappa shape index (κ3) is 4.11. The number of nitrogen functional groups attached to an aromatic ring is 1. The molecule has 0 bridgehead atoms. The molecule has 0 aliphatic rings. The van der Waals surface area contributed by atoms with Gasteiger partial charge in [-0.1, -0.05) is 13.8 Å². The third-order valence-corrected chi connectivity index (χ3v) is 4.34. The van der Waals surface area contributed by atoms with Gasteiger partial charge in [0, 0.05) is 5.56 Å². The molecular formula is C18H19BrN2O7. The molecule has 5 N–H and O–H groups in total. The Morgan fingerprint density at radius 2 is 1.82 bits per heavy atom. The van der Waals surface area contributed by atoms with Crippen molar-refractivity contribution in [2.24, 2.45) is 5.92 Å². The molecule has 1 aromatic carbocycles. The molecule has 0 saturated carbocycles. The van der Waals surface area contributed by atoms with Gasteiger partial charge in [0.25, 0.3) is 5.56 Å². The molecule has 2 aromatic rings. The van der Waals surface area contributed by atoms with Gasteiger partial charge in [-0.15, -0.1) is 0 Å². The first kappa shape index (κ1) is 21.3.